The first-order chi connectivity index (χ1) is 11.1. The zero-order chi connectivity index (χ0) is 16.0. The Labute approximate surface area is 134 Å². The molecule has 1 aliphatic heterocycles. The van der Waals surface area contributed by atoms with E-state index in [-0.39, 0.29) is 54.4 Å². The minimum Gasteiger partial charge on any atom is -0.326 e. The first-order valence-electron chi connectivity index (χ1n) is 8.03. The highest BCUT2D eigenvalue weighted by molar-refractivity contribution is 6.06. The van der Waals surface area contributed by atoms with Gasteiger partial charge >= 0.3 is 0 Å². The van der Waals surface area contributed by atoms with Gasteiger partial charge in [-0.25, -0.2) is 0 Å². The van der Waals surface area contributed by atoms with Crippen molar-refractivity contribution in [2.75, 3.05) is 11.9 Å². The summed E-state index contributed by atoms with van der Waals surface area (Å²) in [6.07, 6.45) is 5.20. The summed E-state index contributed by atoms with van der Waals surface area (Å²) in [6, 6.07) is 9.16. The summed E-state index contributed by atoms with van der Waals surface area (Å²) in [5.74, 6) is -0.317. The molecule has 0 radical (unpaired) electrons. The van der Waals surface area contributed by atoms with Crippen LogP contribution in [0.3, 0.4) is 0 Å². The molecule has 0 aromatic heterocycles. The summed E-state index contributed by atoms with van der Waals surface area (Å²) in [5.41, 5.74) is 0.718. The number of imide groups is 1. The van der Waals surface area contributed by atoms with Crippen LogP contribution in [0.1, 0.15) is 12.8 Å². The van der Waals surface area contributed by atoms with Crippen LogP contribution in [0.5, 0.6) is 0 Å². The van der Waals surface area contributed by atoms with Gasteiger partial charge in [0.05, 0.1) is 11.8 Å². The van der Waals surface area contributed by atoms with E-state index in [9.17, 15) is 14.4 Å². The lowest BCUT2D eigenvalue weighted by molar-refractivity contribution is -0.140. The number of carbonyl (C=O) groups excluding carboxylic acids is 3. The third-order valence-electron chi connectivity index (χ3n) is 5.18. The van der Waals surface area contributed by atoms with Gasteiger partial charge in [-0.3, -0.25) is 19.3 Å². The number of likely N-dealkylation sites (tertiary alicyclic amines) is 1. The van der Waals surface area contributed by atoms with Gasteiger partial charge in [-0.2, -0.15) is 0 Å². The van der Waals surface area contributed by atoms with E-state index < -0.39 is 0 Å². The third kappa shape index (κ3) is 2.27. The number of anilines is 1. The average molecular weight is 310 g/mol. The maximum absolute atomic E-state index is 12.5. The van der Waals surface area contributed by atoms with Crippen LogP contribution >= 0.6 is 0 Å². The van der Waals surface area contributed by atoms with Gasteiger partial charge in [0, 0.05) is 18.7 Å². The maximum Gasteiger partial charge on any atom is 0.233 e. The largest absolute Gasteiger partial charge is 0.326 e. The van der Waals surface area contributed by atoms with Gasteiger partial charge in [0.25, 0.3) is 0 Å². The average Bonchev–Trinajstić information content (AvgIpc) is 3.22. The van der Waals surface area contributed by atoms with Crippen molar-refractivity contribution >= 4 is 23.4 Å². The van der Waals surface area contributed by atoms with Crippen LogP contribution in [0.25, 0.3) is 0 Å². The van der Waals surface area contributed by atoms with Crippen molar-refractivity contribution < 1.29 is 14.4 Å². The molecule has 2 bridgehead atoms. The summed E-state index contributed by atoms with van der Waals surface area (Å²) < 4.78 is 0. The molecule has 1 heterocycles. The van der Waals surface area contributed by atoms with Crippen molar-refractivity contribution in [3.8, 4) is 0 Å². The first kappa shape index (κ1) is 14.2. The molecule has 1 saturated carbocycles. The van der Waals surface area contributed by atoms with Gasteiger partial charge in [0.2, 0.25) is 17.7 Å². The van der Waals surface area contributed by atoms with Crippen LogP contribution < -0.4 is 5.32 Å². The molecule has 0 spiro atoms. The second-order valence-electron chi connectivity index (χ2n) is 6.49. The lowest BCUT2D eigenvalue weighted by atomic mass is 9.85. The summed E-state index contributed by atoms with van der Waals surface area (Å²) in [7, 11) is 0. The van der Waals surface area contributed by atoms with Crippen molar-refractivity contribution in [1.29, 1.82) is 0 Å². The van der Waals surface area contributed by atoms with E-state index in [0.717, 1.165) is 12.1 Å². The van der Waals surface area contributed by atoms with Gasteiger partial charge in [0.15, 0.2) is 0 Å². The second-order valence-corrected chi connectivity index (χ2v) is 6.49. The number of carbonyl (C=O) groups is 3. The number of hydrogen-bond acceptors (Lipinski definition) is 3. The van der Waals surface area contributed by atoms with Gasteiger partial charge in [-0.05, 0) is 30.4 Å². The minimum absolute atomic E-state index is 0.0932. The molecule has 1 aromatic carbocycles. The molecule has 118 valence electrons. The molecular formula is C18H18N2O3. The molecule has 5 heteroatoms. The molecule has 1 N–H and O–H groups in total. The summed E-state index contributed by atoms with van der Waals surface area (Å²) in [6.45, 7) is 0.169. The van der Waals surface area contributed by atoms with Crippen LogP contribution in [0.2, 0.25) is 0 Å². The number of amides is 3. The Kier molecular flexibility index (Phi) is 3.29. The quantitative estimate of drug-likeness (QED) is 0.681. The normalized spacial score (nSPS) is 30.9. The Hall–Kier alpha value is -2.43. The number of benzene rings is 1. The highest BCUT2D eigenvalue weighted by atomic mass is 16.2. The Balaban J connectivity index is 1.38. The number of para-hydroxylation sites is 1. The van der Waals surface area contributed by atoms with Crippen LogP contribution in [-0.4, -0.2) is 29.2 Å². The fourth-order valence-electron chi connectivity index (χ4n) is 4.14. The zero-order valence-corrected chi connectivity index (χ0v) is 12.6. The fourth-order valence-corrected chi connectivity index (χ4v) is 4.14. The molecular weight excluding hydrogens is 292 g/mol. The van der Waals surface area contributed by atoms with E-state index in [2.05, 4.69) is 17.5 Å². The molecule has 1 saturated heterocycles. The topological polar surface area (TPSA) is 66.5 Å². The maximum atomic E-state index is 12.5. The number of hydrogen-bond donors (Lipinski definition) is 1. The summed E-state index contributed by atoms with van der Waals surface area (Å²) >= 11 is 0. The lowest BCUT2D eigenvalue weighted by Gasteiger charge is -2.16. The number of nitrogens with zero attached hydrogens (tertiary/aromatic N) is 1. The van der Waals surface area contributed by atoms with Crippen LogP contribution in [-0.2, 0) is 14.4 Å². The van der Waals surface area contributed by atoms with Crippen molar-refractivity contribution in [3.05, 3.63) is 42.5 Å². The van der Waals surface area contributed by atoms with Crippen molar-refractivity contribution in [2.24, 2.45) is 23.7 Å². The van der Waals surface area contributed by atoms with Gasteiger partial charge in [-0.1, -0.05) is 30.4 Å². The number of rotatable bonds is 4. The molecule has 2 fully saturated rings. The Morgan fingerprint density at radius 2 is 1.65 bits per heavy atom. The summed E-state index contributed by atoms with van der Waals surface area (Å²) in [5, 5.41) is 2.78. The Bertz CT molecular complexity index is 667. The molecule has 5 nitrogen and oxygen atoms in total. The van der Waals surface area contributed by atoms with Crippen LogP contribution in [0.4, 0.5) is 5.69 Å². The minimum atomic E-state index is -0.185. The smallest absolute Gasteiger partial charge is 0.233 e. The monoisotopic (exact) mass is 310 g/mol. The molecule has 1 aromatic rings. The summed E-state index contributed by atoms with van der Waals surface area (Å²) in [4.78, 5) is 38.3. The number of nitrogens with one attached hydrogen (secondary N) is 1. The van der Waals surface area contributed by atoms with E-state index in [0.29, 0.717) is 0 Å². The molecule has 2 aliphatic carbocycles. The van der Waals surface area contributed by atoms with Gasteiger partial charge in [-0.15, -0.1) is 0 Å². The number of allylic oxidation sites excluding steroid dienone is 2. The number of fused-ring (bicyclic) bond motifs is 5. The Morgan fingerprint density at radius 3 is 2.26 bits per heavy atom. The standard InChI is InChI=1S/C18H18N2O3/c21-14(19-13-4-2-1-3-5-13)8-9-20-17(22)15-11-6-7-12(10-11)16(15)18(20)23/h1-7,11-12,15-16H,8-10H2,(H,19,21)/t11-,12-,15-,16+/m1/s1. The Morgan fingerprint density at radius 1 is 1.04 bits per heavy atom. The van der Waals surface area contributed by atoms with Crippen molar-refractivity contribution in [1.82, 2.24) is 4.90 Å². The molecule has 23 heavy (non-hydrogen) atoms. The highest BCUT2D eigenvalue weighted by Crippen LogP contribution is 2.52. The predicted molar refractivity (Wildman–Crippen MR) is 84.1 cm³/mol. The molecule has 4 rings (SSSR count). The van der Waals surface area contributed by atoms with E-state index in [1.807, 2.05) is 18.2 Å². The van der Waals surface area contributed by atoms with Gasteiger partial charge < -0.3 is 5.32 Å². The molecule has 0 unspecified atom stereocenters. The van der Waals surface area contributed by atoms with E-state index in [1.165, 1.54) is 4.90 Å². The van der Waals surface area contributed by atoms with Crippen molar-refractivity contribution in [2.45, 2.75) is 12.8 Å². The van der Waals surface area contributed by atoms with Crippen molar-refractivity contribution in [3.63, 3.8) is 0 Å². The first-order valence-corrected chi connectivity index (χ1v) is 8.03. The molecule has 3 aliphatic rings. The second kappa shape index (κ2) is 5.33. The van der Waals surface area contributed by atoms with E-state index in [4.69, 9.17) is 0 Å². The molecule has 4 atom stereocenters. The highest BCUT2D eigenvalue weighted by Gasteiger charge is 2.58. The van der Waals surface area contributed by atoms with Crippen LogP contribution in [0, 0.1) is 23.7 Å². The SMILES string of the molecule is O=C(CCN1C(=O)[C@@H]2[C@H](C1=O)[C@@H]1C=C[C@@H]2C1)Nc1ccccc1. The zero-order valence-electron chi connectivity index (χ0n) is 12.6. The third-order valence-corrected chi connectivity index (χ3v) is 5.18. The van der Waals surface area contributed by atoms with E-state index in [1.54, 1.807) is 12.1 Å². The predicted octanol–water partition coefficient (Wildman–Crippen LogP) is 1.82. The van der Waals surface area contributed by atoms with Crippen LogP contribution in [0.15, 0.2) is 42.5 Å². The lowest BCUT2D eigenvalue weighted by Crippen LogP contribution is -2.35. The molecule has 3 amide bonds. The fraction of sp³-hybridized carbons (Fsp3) is 0.389. The van der Waals surface area contributed by atoms with Gasteiger partial charge in [0.1, 0.15) is 0 Å². The van der Waals surface area contributed by atoms with E-state index >= 15 is 0 Å².